The smallest absolute Gasteiger partial charge is 0.337 e. The monoisotopic (exact) mass is 322 g/mol. The van der Waals surface area contributed by atoms with Crippen LogP contribution in [0.25, 0.3) is 0 Å². The Morgan fingerprint density at radius 3 is 2.62 bits per heavy atom. The van der Waals surface area contributed by atoms with Gasteiger partial charge in [-0.05, 0) is 31.2 Å². The van der Waals surface area contributed by atoms with E-state index in [1.54, 1.807) is 13.0 Å². The van der Waals surface area contributed by atoms with Crippen LogP contribution >= 0.6 is 11.3 Å². The average Bonchev–Trinajstić information content (AvgIpc) is 2.90. The van der Waals surface area contributed by atoms with Crippen LogP contribution in [-0.4, -0.2) is 19.5 Å². The van der Waals surface area contributed by atoms with E-state index in [-0.39, 0.29) is 20.3 Å². The highest BCUT2D eigenvalue weighted by Gasteiger charge is 2.20. The molecule has 0 aliphatic rings. The maximum atomic E-state index is 12.2. The van der Waals surface area contributed by atoms with Gasteiger partial charge >= 0.3 is 5.97 Å². The van der Waals surface area contributed by atoms with Gasteiger partial charge in [-0.1, -0.05) is 11.6 Å². The van der Waals surface area contributed by atoms with Crippen molar-refractivity contribution in [2.75, 3.05) is 4.72 Å². The third-order valence-corrected chi connectivity index (χ3v) is 5.45. The molecule has 8 heteroatoms. The number of hydrogen-bond acceptors (Lipinski definition) is 5. The Balaban J connectivity index is 2.42. The van der Waals surface area contributed by atoms with Gasteiger partial charge in [0.05, 0.1) is 11.3 Å². The molecule has 0 unspecified atom stereocenters. The summed E-state index contributed by atoms with van der Waals surface area (Å²) >= 11 is 0.817. The molecule has 2 N–H and O–H groups in total. The van der Waals surface area contributed by atoms with Crippen LogP contribution in [0.3, 0.4) is 0 Å². The largest absolute Gasteiger partial charge is 0.478 e. The Hall–Kier alpha value is -2.37. The Kier molecular flexibility index (Phi) is 3.97. The molecule has 0 amide bonds. The first-order valence-corrected chi connectivity index (χ1v) is 8.00. The maximum Gasteiger partial charge on any atom is 0.337 e. The summed E-state index contributed by atoms with van der Waals surface area (Å²) in [6.45, 7) is 1.71. The molecule has 0 radical (unpaired) electrons. The molecule has 6 nitrogen and oxygen atoms in total. The van der Waals surface area contributed by atoms with Crippen LogP contribution < -0.4 is 4.72 Å². The average molecular weight is 322 g/mol. The van der Waals surface area contributed by atoms with Gasteiger partial charge < -0.3 is 5.11 Å². The number of nitrogens with one attached hydrogen (secondary N) is 1. The summed E-state index contributed by atoms with van der Waals surface area (Å²) in [4.78, 5) is 11.4. The van der Waals surface area contributed by atoms with E-state index in [1.807, 2.05) is 6.07 Å². The third kappa shape index (κ3) is 3.21. The molecule has 1 heterocycles. The lowest BCUT2D eigenvalue weighted by molar-refractivity contribution is 0.0698. The fourth-order valence-corrected chi connectivity index (χ4v) is 3.83. The molecule has 0 aliphatic heterocycles. The van der Waals surface area contributed by atoms with Crippen molar-refractivity contribution in [3.05, 3.63) is 46.3 Å². The van der Waals surface area contributed by atoms with Crippen LogP contribution in [0.15, 0.2) is 34.5 Å². The first kappa shape index (κ1) is 15.0. The van der Waals surface area contributed by atoms with Gasteiger partial charge in [-0.25, -0.2) is 13.2 Å². The molecule has 0 aliphatic carbocycles. The van der Waals surface area contributed by atoms with Gasteiger partial charge in [0, 0.05) is 0 Å². The number of nitrogens with zero attached hydrogens (tertiary/aromatic N) is 1. The normalized spacial score (nSPS) is 10.9. The maximum absolute atomic E-state index is 12.2. The van der Waals surface area contributed by atoms with Crippen LogP contribution in [-0.2, 0) is 10.0 Å². The van der Waals surface area contributed by atoms with Crippen molar-refractivity contribution < 1.29 is 18.3 Å². The number of nitriles is 1. The van der Waals surface area contributed by atoms with Gasteiger partial charge in [0.2, 0.25) is 0 Å². The van der Waals surface area contributed by atoms with E-state index >= 15 is 0 Å². The molecule has 2 aromatic rings. The van der Waals surface area contributed by atoms with Crippen LogP contribution in [0.1, 0.15) is 20.8 Å². The predicted octanol–water partition coefficient (Wildman–Crippen LogP) is 2.43. The lowest BCUT2D eigenvalue weighted by Crippen LogP contribution is -2.14. The van der Waals surface area contributed by atoms with Gasteiger partial charge in [-0.15, -0.1) is 11.3 Å². The van der Waals surface area contributed by atoms with Gasteiger partial charge in [-0.3, -0.25) is 4.72 Å². The van der Waals surface area contributed by atoms with Gasteiger partial charge in [-0.2, -0.15) is 5.26 Å². The van der Waals surface area contributed by atoms with Crippen LogP contribution in [0.4, 0.5) is 5.69 Å². The summed E-state index contributed by atoms with van der Waals surface area (Å²) in [5.74, 6) is -1.22. The Bertz CT molecular complexity index is 847. The van der Waals surface area contributed by atoms with E-state index in [0.717, 1.165) is 11.3 Å². The van der Waals surface area contributed by atoms with E-state index in [1.165, 1.54) is 24.3 Å². The molecule has 1 aromatic carbocycles. The molecule has 108 valence electrons. The number of carboxylic acids is 1. The molecule has 0 bridgehead atoms. The molecule has 0 atom stereocenters. The molecule has 21 heavy (non-hydrogen) atoms. The number of hydrogen-bond donors (Lipinski definition) is 2. The zero-order valence-corrected chi connectivity index (χ0v) is 12.5. The van der Waals surface area contributed by atoms with E-state index in [0.29, 0.717) is 5.56 Å². The third-order valence-electron chi connectivity index (χ3n) is 2.61. The van der Waals surface area contributed by atoms with Crippen LogP contribution in [0, 0.1) is 18.3 Å². The highest BCUT2D eigenvalue weighted by molar-refractivity contribution is 7.94. The molecule has 2 rings (SSSR count). The summed E-state index contributed by atoms with van der Waals surface area (Å²) in [6, 6.07) is 8.95. The number of aryl methyl sites for hydroxylation is 1. The van der Waals surface area contributed by atoms with E-state index < -0.39 is 16.0 Å². The quantitative estimate of drug-likeness (QED) is 0.899. The summed E-state index contributed by atoms with van der Waals surface area (Å²) < 4.78 is 26.6. The molecule has 0 saturated heterocycles. The second-order valence-corrected chi connectivity index (χ2v) is 7.18. The van der Waals surface area contributed by atoms with Crippen molar-refractivity contribution in [3.8, 4) is 6.07 Å². The Labute approximate surface area is 125 Å². The molecule has 0 saturated carbocycles. The predicted molar refractivity (Wildman–Crippen MR) is 78.0 cm³/mol. The van der Waals surface area contributed by atoms with Crippen LogP contribution in [0.5, 0.6) is 0 Å². The molecular formula is C13H10N2O4S2. The molecular weight excluding hydrogens is 312 g/mol. The SMILES string of the molecule is Cc1ccc(NS(=O)(=O)c2ccc(C#N)s2)c(C(=O)O)c1. The Morgan fingerprint density at radius 1 is 1.33 bits per heavy atom. The number of anilines is 1. The Morgan fingerprint density at radius 2 is 2.05 bits per heavy atom. The second-order valence-electron chi connectivity index (χ2n) is 4.19. The lowest BCUT2D eigenvalue weighted by Gasteiger charge is -2.10. The summed E-state index contributed by atoms with van der Waals surface area (Å²) in [7, 11) is -3.92. The number of sulfonamides is 1. The van der Waals surface area contributed by atoms with Crippen LogP contribution in [0.2, 0.25) is 0 Å². The van der Waals surface area contributed by atoms with E-state index in [4.69, 9.17) is 10.4 Å². The minimum absolute atomic E-state index is 0.0139. The van der Waals surface area contributed by atoms with Crippen molar-refractivity contribution in [2.24, 2.45) is 0 Å². The lowest BCUT2D eigenvalue weighted by atomic mass is 10.1. The fourth-order valence-electron chi connectivity index (χ4n) is 1.64. The number of rotatable bonds is 4. The minimum Gasteiger partial charge on any atom is -0.478 e. The van der Waals surface area contributed by atoms with Gasteiger partial charge in [0.15, 0.2) is 0 Å². The first-order chi connectivity index (χ1) is 9.83. The van der Waals surface area contributed by atoms with Crippen molar-refractivity contribution in [2.45, 2.75) is 11.1 Å². The highest BCUT2D eigenvalue weighted by atomic mass is 32.2. The van der Waals surface area contributed by atoms with Gasteiger partial charge in [0.1, 0.15) is 15.2 Å². The standard InChI is InChI=1S/C13H10N2O4S2/c1-8-2-4-11(10(6-8)13(16)17)15-21(18,19)12-5-3-9(7-14)20-12/h2-6,15H,1H3,(H,16,17). The fraction of sp³-hybridized carbons (Fsp3) is 0.0769. The zero-order valence-electron chi connectivity index (χ0n) is 10.8. The van der Waals surface area contributed by atoms with Gasteiger partial charge in [0.25, 0.3) is 10.0 Å². The second kappa shape index (κ2) is 5.55. The molecule has 1 aromatic heterocycles. The summed E-state index contributed by atoms with van der Waals surface area (Å²) in [6.07, 6.45) is 0. The topological polar surface area (TPSA) is 107 Å². The number of thiophene rings is 1. The minimum atomic E-state index is -3.92. The number of aromatic carboxylic acids is 1. The van der Waals surface area contributed by atoms with Crippen molar-refractivity contribution in [3.63, 3.8) is 0 Å². The number of carboxylic acid groups (broad SMARTS) is 1. The number of benzene rings is 1. The molecule has 0 spiro atoms. The summed E-state index contributed by atoms with van der Waals surface area (Å²) in [5, 5.41) is 17.8. The summed E-state index contributed by atoms with van der Waals surface area (Å²) in [5.41, 5.74) is 0.564. The van der Waals surface area contributed by atoms with E-state index in [9.17, 15) is 13.2 Å². The van der Waals surface area contributed by atoms with Crippen molar-refractivity contribution in [1.29, 1.82) is 5.26 Å². The van der Waals surface area contributed by atoms with Crippen molar-refractivity contribution >= 4 is 33.0 Å². The first-order valence-electron chi connectivity index (χ1n) is 5.70. The zero-order chi connectivity index (χ0) is 15.6. The van der Waals surface area contributed by atoms with Crippen molar-refractivity contribution in [1.82, 2.24) is 0 Å². The highest BCUT2D eigenvalue weighted by Crippen LogP contribution is 2.25. The molecule has 0 fully saturated rings. The number of carbonyl (C=O) groups is 1. The van der Waals surface area contributed by atoms with E-state index in [2.05, 4.69) is 4.72 Å².